The summed E-state index contributed by atoms with van der Waals surface area (Å²) in [5.41, 5.74) is -5.46. The van der Waals surface area contributed by atoms with Gasteiger partial charge in [-0.15, -0.1) is 0 Å². The molecule has 1 fully saturated rings. The van der Waals surface area contributed by atoms with Gasteiger partial charge in [-0.2, -0.15) is 0 Å². The van der Waals surface area contributed by atoms with E-state index < -0.39 is 47.2 Å². The van der Waals surface area contributed by atoms with Crippen LogP contribution in [0.2, 0.25) is 0 Å². The molecule has 3 aromatic carbocycles. The van der Waals surface area contributed by atoms with Crippen LogP contribution in [0, 0.1) is 0 Å². The van der Waals surface area contributed by atoms with E-state index >= 15 is 0 Å². The van der Waals surface area contributed by atoms with Crippen molar-refractivity contribution in [3.63, 3.8) is 0 Å². The van der Waals surface area contributed by atoms with Gasteiger partial charge in [-0.1, -0.05) is 78.9 Å². The Hall–Kier alpha value is -3.69. The van der Waals surface area contributed by atoms with Crippen LogP contribution in [0.5, 0.6) is 0 Å². The number of rotatable bonds is 8. The van der Waals surface area contributed by atoms with Crippen LogP contribution in [-0.2, 0) is 14.2 Å². The maximum Gasteiger partial charge on any atom is 0.338 e. The second-order valence-electron chi connectivity index (χ2n) is 8.52. The monoisotopic (exact) mass is 490 g/mol. The third-order valence-corrected chi connectivity index (χ3v) is 6.31. The lowest BCUT2D eigenvalue weighted by Gasteiger charge is -2.39. The number of hydrogen-bond acceptors (Lipinski definition) is 8. The quantitative estimate of drug-likeness (QED) is 0.366. The first-order chi connectivity index (χ1) is 17.2. The first kappa shape index (κ1) is 25.4. The number of Topliss-reactive ketones (excluding diaryl/α,β-unsaturated/α-hetero) is 2. The van der Waals surface area contributed by atoms with Gasteiger partial charge in [0.15, 0.2) is 11.9 Å². The molecule has 1 unspecified atom stereocenters. The van der Waals surface area contributed by atoms with Crippen LogP contribution in [0.1, 0.15) is 38.0 Å². The number of carbonyl (C=O) groups excluding carboxylic acids is 3. The van der Waals surface area contributed by atoms with E-state index in [-0.39, 0.29) is 16.7 Å². The fraction of sp³-hybridized carbons (Fsp3) is 0.250. The number of hydrogen-bond donors (Lipinski definition) is 2. The molecule has 4 rings (SSSR count). The Bertz CT molecular complexity index is 1230. The minimum Gasteiger partial charge on any atom is -0.456 e. The zero-order valence-electron chi connectivity index (χ0n) is 19.7. The maximum atomic E-state index is 13.8. The predicted molar refractivity (Wildman–Crippen MR) is 128 cm³/mol. The van der Waals surface area contributed by atoms with Crippen molar-refractivity contribution in [2.45, 2.75) is 36.6 Å². The molecule has 0 amide bonds. The number of methoxy groups -OCH3 is 1. The lowest BCUT2D eigenvalue weighted by atomic mass is 9.70. The molecule has 186 valence electrons. The smallest absolute Gasteiger partial charge is 0.338 e. The first-order valence-electron chi connectivity index (χ1n) is 11.3. The van der Waals surface area contributed by atoms with Crippen molar-refractivity contribution in [1.29, 1.82) is 0 Å². The number of aliphatic hydroxyl groups is 2. The highest BCUT2D eigenvalue weighted by Gasteiger charge is 2.75. The molecule has 1 aliphatic rings. The lowest BCUT2D eigenvalue weighted by Crippen LogP contribution is -2.69. The van der Waals surface area contributed by atoms with Gasteiger partial charge in [0, 0.05) is 18.2 Å². The van der Waals surface area contributed by atoms with Crippen molar-refractivity contribution in [1.82, 2.24) is 0 Å². The second kappa shape index (κ2) is 10.1. The maximum absolute atomic E-state index is 13.8. The normalized spacial score (nSPS) is 26.2. The average Bonchev–Trinajstić information content (AvgIpc) is 3.17. The molecule has 0 spiro atoms. The van der Waals surface area contributed by atoms with E-state index in [1.807, 2.05) is 0 Å². The summed E-state index contributed by atoms with van der Waals surface area (Å²) in [4.78, 5) is 40.2. The molecule has 1 heterocycles. The molecule has 0 bridgehead atoms. The SMILES string of the molecule is COC1O[C@H]([C@H](C)OC(=O)c2ccccc2)[C@](O)(C(=O)c2ccccc2)[C@]1(O)C(=O)c1ccccc1. The van der Waals surface area contributed by atoms with Crippen LogP contribution in [0.25, 0.3) is 0 Å². The molecule has 0 aromatic heterocycles. The van der Waals surface area contributed by atoms with Gasteiger partial charge >= 0.3 is 5.97 Å². The van der Waals surface area contributed by atoms with Gasteiger partial charge in [0.1, 0.15) is 12.2 Å². The van der Waals surface area contributed by atoms with E-state index in [0.29, 0.717) is 0 Å². The summed E-state index contributed by atoms with van der Waals surface area (Å²) >= 11 is 0. The zero-order chi connectivity index (χ0) is 25.9. The van der Waals surface area contributed by atoms with Crippen molar-refractivity contribution in [2.24, 2.45) is 0 Å². The summed E-state index contributed by atoms with van der Waals surface area (Å²) in [6.07, 6.45) is -4.67. The highest BCUT2D eigenvalue weighted by atomic mass is 16.7. The number of ether oxygens (including phenoxy) is 3. The van der Waals surface area contributed by atoms with E-state index in [9.17, 15) is 24.6 Å². The highest BCUT2D eigenvalue weighted by molar-refractivity contribution is 6.13. The van der Waals surface area contributed by atoms with Crippen molar-refractivity contribution in [2.75, 3.05) is 7.11 Å². The molecule has 8 nitrogen and oxygen atoms in total. The Morgan fingerprint density at radius 1 is 0.750 bits per heavy atom. The number of carbonyl (C=O) groups is 3. The van der Waals surface area contributed by atoms with Crippen LogP contribution in [0.15, 0.2) is 91.0 Å². The molecule has 36 heavy (non-hydrogen) atoms. The number of benzene rings is 3. The van der Waals surface area contributed by atoms with Crippen LogP contribution >= 0.6 is 0 Å². The summed E-state index contributed by atoms with van der Waals surface area (Å²) in [6.45, 7) is 1.40. The van der Waals surface area contributed by atoms with Gasteiger partial charge in [0.25, 0.3) is 0 Å². The van der Waals surface area contributed by atoms with E-state index in [2.05, 4.69) is 0 Å². The molecule has 0 radical (unpaired) electrons. The van der Waals surface area contributed by atoms with E-state index in [0.717, 1.165) is 0 Å². The molecule has 1 saturated heterocycles. The Morgan fingerprint density at radius 3 is 1.61 bits per heavy atom. The van der Waals surface area contributed by atoms with Crippen LogP contribution in [0.4, 0.5) is 0 Å². The predicted octanol–water partition coefficient (Wildman–Crippen LogP) is 2.83. The molecule has 0 aliphatic carbocycles. The molecule has 5 atom stereocenters. The lowest BCUT2D eigenvalue weighted by molar-refractivity contribution is -0.181. The summed E-state index contributed by atoms with van der Waals surface area (Å²) in [6, 6.07) is 23.5. The summed E-state index contributed by atoms with van der Waals surface area (Å²) < 4.78 is 16.6. The van der Waals surface area contributed by atoms with Crippen molar-refractivity contribution >= 4 is 17.5 Å². The molecule has 2 N–H and O–H groups in total. The molecule has 1 aliphatic heterocycles. The molecular weight excluding hydrogens is 464 g/mol. The Kier molecular flexibility index (Phi) is 7.14. The highest BCUT2D eigenvalue weighted by Crippen LogP contribution is 2.46. The molecule has 3 aromatic rings. The first-order valence-corrected chi connectivity index (χ1v) is 11.3. The Morgan fingerprint density at radius 2 is 1.17 bits per heavy atom. The van der Waals surface area contributed by atoms with Crippen molar-refractivity contribution in [3.8, 4) is 0 Å². The van der Waals surface area contributed by atoms with E-state index in [1.165, 1.54) is 38.3 Å². The molecule has 8 heteroatoms. The van der Waals surface area contributed by atoms with E-state index in [1.54, 1.807) is 66.7 Å². The van der Waals surface area contributed by atoms with Gasteiger partial charge in [0.05, 0.1) is 5.56 Å². The van der Waals surface area contributed by atoms with Gasteiger partial charge in [-0.05, 0) is 19.1 Å². The Labute approximate surface area is 208 Å². The van der Waals surface area contributed by atoms with Gasteiger partial charge in [0.2, 0.25) is 17.2 Å². The van der Waals surface area contributed by atoms with Crippen LogP contribution in [-0.4, -0.2) is 64.6 Å². The standard InChI is InChI=1S/C28H26O8/c1-18(35-25(31)21-16-10-5-11-17-21)24-27(32,22(29)19-12-6-3-7-13-19)28(33,26(34-2)36-24)23(30)20-14-8-4-9-15-20/h3-18,24,26,32-33H,1-2H3/t18-,24+,26?,27+,28-/m0/s1. The van der Waals surface area contributed by atoms with Crippen LogP contribution in [0.3, 0.4) is 0 Å². The fourth-order valence-corrected chi connectivity index (χ4v) is 4.48. The number of ketones is 2. The van der Waals surface area contributed by atoms with Crippen molar-refractivity contribution < 1.29 is 38.8 Å². The third kappa shape index (κ3) is 4.14. The zero-order valence-corrected chi connectivity index (χ0v) is 19.7. The van der Waals surface area contributed by atoms with Crippen molar-refractivity contribution in [3.05, 3.63) is 108 Å². The van der Waals surface area contributed by atoms with Gasteiger partial charge in [-0.25, -0.2) is 4.79 Å². The van der Waals surface area contributed by atoms with Gasteiger partial charge < -0.3 is 24.4 Å². The molecule has 0 saturated carbocycles. The molecular formula is C28H26O8. The topological polar surface area (TPSA) is 119 Å². The average molecular weight is 491 g/mol. The van der Waals surface area contributed by atoms with Gasteiger partial charge in [-0.3, -0.25) is 9.59 Å². The minimum atomic E-state index is -2.88. The minimum absolute atomic E-state index is 0.0197. The summed E-state index contributed by atoms with van der Waals surface area (Å²) in [5.74, 6) is -2.70. The van der Waals surface area contributed by atoms with Crippen LogP contribution < -0.4 is 0 Å². The Balaban J connectivity index is 1.81. The largest absolute Gasteiger partial charge is 0.456 e. The third-order valence-electron chi connectivity index (χ3n) is 6.31. The fourth-order valence-electron chi connectivity index (χ4n) is 4.48. The number of esters is 1. The second-order valence-corrected chi connectivity index (χ2v) is 8.52. The summed E-state index contributed by atoms with van der Waals surface area (Å²) in [7, 11) is 1.17. The van der Waals surface area contributed by atoms with E-state index in [4.69, 9.17) is 14.2 Å². The summed E-state index contributed by atoms with van der Waals surface area (Å²) in [5, 5.41) is 23.9.